The van der Waals surface area contributed by atoms with Gasteiger partial charge in [-0.15, -0.1) is 0 Å². The molecule has 0 aliphatic heterocycles. The van der Waals surface area contributed by atoms with Crippen molar-refractivity contribution in [1.29, 1.82) is 0 Å². The first kappa shape index (κ1) is 14.8. The molecule has 0 spiro atoms. The Morgan fingerprint density at radius 3 is 2.16 bits per heavy atom. The zero-order valence-corrected chi connectivity index (χ0v) is 13.0. The number of carbonyl (C=O) groups is 1. The third-order valence-corrected chi connectivity index (χ3v) is 4.98. The van der Waals surface area contributed by atoms with Crippen molar-refractivity contribution in [2.75, 3.05) is 13.6 Å². The molecule has 2 aliphatic carbocycles. The second-order valence-corrected chi connectivity index (χ2v) is 7.53. The molecular weight excluding hydrogens is 236 g/mol. The van der Waals surface area contributed by atoms with Gasteiger partial charge in [-0.3, -0.25) is 4.79 Å². The van der Waals surface area contributed by atoms with Gasteiger partial charge in [0.1, 0.15) is 0 Å². The molecule has 0 aromatic rings. The van der Waals surface area contributed by atoms with Crippen LogP contribution >= 0.6 is 0 Å². The molecule has 0 unspecified atom stereocenters. The molecule has 1 amide bonds. The van der Waals surface area contributed by atoms with Crippen LogP contribution in [0, 0.1) is 11.3 Å². The number of likely N-dealkylation sites (N-methyl/N-ethyl adjacent to an activating group) is 1. The summed E-state index contributed by atoms with van der Waals surface area (Å²) in [5.74, 6) is 1.09. The molecule has 0 aromatic heterocycles. The van der Waals surface area contributed by atoms with Crippen LogP contribution in [-0.2, 0) is 4.79 Å². The highest BCUT2D eigenvalue weighted by Crippen LogP contribution is 2.38. The number of hydrogen-bond acceptors (Lipinski definition) is 2. The van der Waals surface area contributed by atoms with E-state index in [9.17, 15) is 4.79 Å². The zero-order valence-electron chi connectivity index (χ0n) is 13.0. The van der Waals surface area contributed by atoms with E-state index in [0.29, 0.717) is 24.0 Å². The lowest BCUT2D eigenvalue weighted by Gasteiger charge is -2.40. The number of nitrogens with zero attached hydrogens (tertiary/aromatic N) is 1. The predicted molar refractivity (Wildman–Crippen MR) is 79.0 cm³/mol. The Bertz CT molecular complexity index is 309. The fourth-order valence-electron chi connectivity index (χ4n) is 3.18. The van der Waals surface area contributed by atoms with E-state index in [4.69, 9.17) is 0 Å². The summed E-state index contributed by atoms with van der Waals surface area (Å²) in [6, 6.07) is 1.08. The average molecular weight is 266 g/mol. The molecule has 2 aliphatic rings. The summed E-state index contributed by atoms with van der Waals surface area (Å²) in [5.41, 5.74) is 0.418. The maximum absolute atomic E-state index is 12.1. The Labute approximate surface area is 118 Å². The highest BCUT2D eigenvalue weighted by Gasteiger charge is 2.32. The molecule has 110 valence electrons. The number of nitrogens with one attached hydrogen (secondary N) is 1. The molecule has 0 aromatic carbocycles. The van der Waals surface area contributed by atoms with E-state index in [1.54, 1.807) is 0 Å². The standard InChI is InChI=1S/C16H30N2O/c1-16(2,3)12-5-9-14(10-6-12)18(4)15(19)11-17-13-7-8-13/h12-14,17H,5-11H2,1-4H3. The predicted octanol–water partition coefficient (Wildman–Crippen LogP) is 2.80. The molecule has 0 heterocycles. The largest absolute Gasteiger partial charge is 0.342 e. The van der Waals surface area contributed by atoms with Gasteiger partial charge >= 0.3 is 0 Å². The summed E-state index contributed by atoms with van der Waals surface area (Å²) in [6.07, 6.45) is 7.37. The van der Waals surface area contributed by atoms with Gasteiger partial charge in [0.05, 0.1) is 6.54 Å². The van der Waals surface area contributed by atoms with E-state index in [0.717, 1.165) is 5.92 Å². The third kappa shape index (κ3) is 4.20. The number of carbonyl (C=O) groups excluding carboxylic acids is 1. The van der Waals surface area contributed by atoms with Crippen molar-refractivity contribution in [3.05, 3.63) is 0 Å². The Balaban J connectivity index is 1.74. The monoisotopic (exact) mass is 266 g/mol. The zero-order chi connectivity index (χ0) is 14.0. The quantitative estimate of drug-likeness (QED) is 0.848. The first-order valence-electron chi connectivity index (χ1n) is 7.87. The summed E-state index contributed by atoms with van der Waals surface area (Å²) in [5, 5.41) is 3.32. The molecule has 3 nitrogen and oxygen atoms in total. The van der Waals surface area contributed by atoms with Crippen LogP contribution in [0.5, 0.6) is 0 Å². The second kappa shape index (κ2) is 5.82. The number of hydrogen-bond donors (Lipinski definition) is 1. The van der Waals surface area contributed by atoms with Gasteiger partial charge in [0.25, 0.3) is 0 Å². The molecule has 0 bridgehead atoms. The van der Waals surface area contributed by atoms with Crippen LogP contribution in [-0.4, -0.2) is 36.5 Å². The molecular formula is C16H30N2O. The fraction of sp³-hybridized carbons (Fsp3) is 0.938. The van der Waals surface area contributed by atoms with E-state index in [2.05, 4.69) is 26.1 Å². The summed E-state index contributed by atoms with van der Waals surface area (Å²) < 4.78 is 0. The first-order chi connectivity index (χ1) is 8.88. The molecule has 1 N–H and O–H groups in total. The van der Waals surface area contributed by atoms with Gasteiger partial charge in [0.15, 0.2) is 0 Å². The van der Waals surface area contributed by atoms with Crippen molar-refractivity contribution in [2.24, 2.45) is 11.3 Å². The van der Waals surface area contributed by atoms with Crippen molar-refractivity contribution in [1.82, 2.24) is 10.2 Å². The van der Waals surface area contributed by atoms with Crippen LogP contribution in [0.3, 0.4) is 0 Å². The first-order valence-corrected chi connectivity index (χ1v) is 7.87. The van der Waals surface area contributed by atoms with Crippen LogP contribution in [0.2, 0.25) is 0 Å². The van der Waals surface area contributed by atoms with Gasteiger partial charge in [0, 0.05) is 19.1 Å². The van der Waals surface area contributed by atoms with E-state index >= 15 is 0 Å². The molecule has 2 rings (SSSR count). The summed E-state index contributed by atoms with van der Waals surface area (Å²) in [4.78, 5) is 14.1. The maximum atomic E-state index is 12.1. The molecule has 3 heteroatoms. The van der Waals surface area contributed by atoms with Gasteiger partial charge in [-0.1, -0.05) is 20.8 Å². The van der Waals surface area contributed by atoms with Crippen LogP contribution in [0.15, 0.2) is 0 Å². The van der Waals surface area contributed by atoms with Crippen molar-refractivity contribution in [3.8, 4) is 0 Å². The Kier molecular flexibility index (Phi) is 4.54. The minimum Gasteiger partial charge on any atom is -0.342 e. The van der Waals surface area contributed by atoms with Crippen LogP contribution < -0.4 is 5.32 Å². The molecule has 19 heavy (non-hydrogen) atoms. The summed E-state index contributed by atoms with van der Waals surface area (Å²) in [6.45, 7) is 7.55. The number of rotatable bonds is 4. The van der Waals surface area contributed by atoms with E-state index in [1.807, 2.05) is 11.9 Å². The van der Waals surface area contributed by atoms with Crippen LogP contribution in [0.1, 0.15) is 59.3 Å². The SMILES string of the molecule is CN(C(=O)CNC1CC1)C1CCC(C(C)(C)C)CC1. The molecule has 2 fully saturated rings. The minimum absolute atomic E-state index is 0.270. The summed E-state index contributed by atoms with van der Waals surface area (Å²) in [7, 11) is 1.99. The van der Waals surface area contributed by atoms with Gasteiger partial charge in [-0.25, -0.2) is 0 Å². The third-order valence-electron chi connectivity index (χ3n) is 4.98. The van der Waals surface area contributed by atoms with Crippen molar-refractivity contribution in [3.63, 3.8) is 0 Å². The highest BCUT2D eigenvalue weighted by molar-refractivity contribution is 5.78. The Morgan fingerprint density at radius 1 is 1.11 bits per heavy atom. The molecule has 0 atom stereocenters. The highest BCUT2D eigenvalue weighted by atomic mass is 16.2. The topological polar surface area (TPSA) is 32.3 Å². The van der Waals surface area contributed by atoms with Gasteiger partial charge in [-0.2, -0.15) is 0 Å². The van der Waals surface area contributed by atoms with Crippen molar-refractivity contribution in [2.45, 2.75) is 71.4 Å². The lowest BCUT2D eigenvalue weighted by atomic mass is 9.71. The van der Waals surface area contributed by atoms with Gasteiger partial charge in [-0.05, 0) is 49.9 Å². The molecule has 2 saturated carbocycles. The molecule has 0 radical (unpaired) electrons. The fourth-order valence-corrected chi connectivity index (χ4v) is 3.18. The van der Waals surface area contributed by atoms with Gasteiger partial charge in [0.2, 0.25) is 5.91 Å². The second-order valence-electron chi connectivity index (χ2n) is 7.53. The molecule has 0 saturated heterocycles. The van der Waals surface area contributed by atoms with E-state index in [1.165, 1.54) is 38.5 Å². The number of amides is 1. The van der Waals surface area contributed by atoms with Crippen molar-refractivity contribution < 1.29 is 4.79 Å². The summed E-state index contributed by atoms with van der Waals surface area (Å²) >= 11 is 0. The Morgan fingerprint density at radius 2 is 1.68 bits per heavy atom. The average Bonchev–Trinajstić information content (AvgIpc) is 3.18. The van der Waals surface area contributed by atoms with Gasteiger partial charge < -0.3 is 10.2 Å². The Hall–Kier alpha value is -0.570. The maximum Gasteiger partial charge on any atom is 0.236 e. The normalized spacial score (nSPS) is 28.2. The smallest absolute Gasteiger partial charge is 0.236 e. The lowest BCUT2D eigenvalue weighted by molar-refractivity contribution is -0.131. The van der Waals surface area contributed by atoms with E-state index < -0.39 is 0 Å². The minimum atomic E-state index is 0.270. The lowest BCUT2D eigenvalue weighted by Crippen LogP contribution is -2.44. The van der Waals surface area contributed by atoms with E-state index in [-0.39, 0.29) is 5.91 Å². The van der Waals surface area contributed by atoms with Crippen LogP contribution in [0.4, 0.5) is 0 Å². The van der Waals surface area contributed by atoms with Crippen LogP contribution in [0.25, 0.3) is 0 Å². The van der Waals surface area contributed by atoms with Crippen molar-refractivity contribution >= 4 is 5.91 Å².